The maximum atomic E-state index is 12.9. The molecule has 164 valence electrons. The molecule has 1 aliphatic rings. The second-order valence-corrected chi connectivity index (χ2v) is 8.12. The van der Waals surface area contributed by atoms with E-state index in [9.17, 15) is 9.59 Å². The number of carbonyl (C=O) groups is 1. The second kappa shape index (κ2) is 9.81. The summed E-state index contributed by atoms with van der Waals surface area (Å²) in [7, 11) is 0. The summed E-state index contributed by atoms with van der Waals surface area (Å²) in [5.41, 5.74) is 2.00. The molecule has 0 spiro atoms. The Labute approximate surface area is 182 Å². The van der Waals surface area contributed by atoms with Crippen molar-refractivity contribution in [1.29, 1.82) is 0 Å². The van der Waals surface area contributed by atoms with E-state index in [-0.39, 0.29) is 17.5 Å². The van der Waals surface area contributed by atoms with Crippen molar-refractivity contribution >= 4 is 11.4 Å². The molecule has 1 saturated carbocycles. The molecule has 1 amide bonds. The molecule has 7 heteroatoms. The molecule has 2 aromatic heterocycles. The Balaban J connectivity index is 1.44. The first-order valence-electron chi connectivity index (χ1n) is 11.3. The lowest BCUT2D eigenvalue weighted by Gasteiger charge is -2.16. The van der Waals surface area contributed by atoms with Crippen LogP contribution in [0.15, 0.2) is 47.5 Å². The number of amides is 1. The Morgan fingerprint density at radius 2 is 1.87 bits per heavy atom. The number of fused-ring (bicyclic) bond motifs is 1. The molecule has 0 unspecified atom stereocenters. The molecule has 1 fully saturated rings. The van der Waals surface area contributed by atoms with Crippen LogP contribution in [-0.2, 0) is 11.3 Å². The third-order valence-electron chi connectivity index (χ3n) is 5.86. The molecule has 7 nitrogen and oxygen atoms in total. The number of rotatable bonds is 7. The van der Waals surface area contributed by atoms with Crippen molar-refractivity contribution in [3.05, 3.63) is 53.1 Å². The Hall–Kier alpha value is -3.09. The third-order valence-corrected chi connectivity index (χ3v) is 5.86. The predicted molar refractivity (Wildman–Crippen MR) is 120 cm³/mol. The largest absolute Gasteiger partial charge is 0.494 e. The predicted octanol–water partition coefficient (Wildman–Crippen LogP) is 3.79. The number of benzene rings is 1. The van der Waals surface area contributed by atoms with Crippen molar-refractivity contribution in [2.75, 3.05) is 6.61 Å². The molecule has 31 heavy (non-hydrogen) atoms. The first kappa shape index (κ1) is 21.2. The van der Waals surface area contributed by atoms with Gasteiger partial charge in [-0.05, 0) is 50.1 Å². The van der Waals surface area contributed by atoms with Crippen molar-refractivity contribution in [2.45, 2.75) is 64.5 Å². The fourth-order valence-electron chi connectivity index (χ4n) is 4.18. The summed E-state index contributed by atoms with van der Waals surface area (Å²) in [5.74, 6) is 0.821. The molecule has 4 rings (SSSR count). The van der Waals surface area contributed by atoms with E-state index in [1.54, 1.807) is 27.5 Å². The van der Waals surface area contributed by atoms with E-state index in [2.05, 4.69) is 10.4 Å². The van der Waals surface area contributed by atoms with E-state index in [4.69, 9.17) is 4.74 Å². The molecule has 0 saturated heterocycles. The minimum absolute atomic E-state index is 0.0160. The summed E-state index contributed by atoms with van der Waals surface area (Å²) >= 11 is 0. The molecule has 0 bridgehead atoms. The highest BCUT2D eigenvalue weighted by Crippen LogP contribution is 2.22. The van der Waals surface area contributed by atoms with Gasteiger partial charge in [0, 0.05) is 37.0 Å². The first-order chi connectivity index (χ1) is 15.1. The maximum absolute atomic E-state index is 12.9. The van der Waals surface area contributed by atoms with Gasteiger partial charge in [0.05, 0.1) is 12.3 Å². The molecular formula is C24H30N4O3. The van der Waals surface area contributed by atoms with Crippen LogP contribution in [0.5, 0.6) is 5.75 Å². The number of carbonyl (C=O) groups excluding carboxylic acids is 1. The molecule has 2 heterocycles. The van der Waals surface area contributed by atoms with Crippen molar-refractivity contribution < 1.29 is 9.53 Å². The van der Waals surface area contributed by atoms with Gasteiger partial charge >= 0.3 is 0 Å². The SMILES string of the molecule is CCOc1ccc(-c2cc3c(=O)n(CCC(=O)NC4CCCCCC4)ccn3n2)cc1. The van der Waals surface area contributed by atoms with Crippen LogP contribution in [0.1, 0.15) is 51.9 Å². The number of ether oxygens (including phenoxy) is 1. The van der Waals surface area contributed by atoms with E-state index < -0.39 is 0 Å². The number of nitrogens with one attached hydrogen (secondary N) is 1. The van der Waals surface area contributed by atoms with Crippen molar-refractivity contribution in [3.8, 4) is 17.0 Å². The van der Waals surface area contributed by atoms with Crippen molar-refractivity contribution in [1.82, 2.24) is 19.5 Å². The fraction of sp³-hybridized carbons (Fsp3) is 0.458. The number of aromatic nitrogens is 3. The van der Waals surface area contributed by atoms with E-state index in [0.717, 1.165) is 29.8 Å². The summed E-state index contributed by atoms with van der Waals surface area (Å²) in [6.07, 6.45) is 10.7. The van der Waals surface area contributed by atoms with E-state index >= 15 is 0 Å². The quantitative estimate of drug-likeness (QED) is 0.588. The number of hydrogen-bond acceptors (Lipinski definition) is 4. The Morgan fingerprint density at radius 3 is 2.58 bits per heavy atom. The summed E-state index contributed by atoms with van der Waals surface area (Å²) < 4.78 is 8.66. The Kier molecular flexibility index (Phi) is 6.70. The first-order valence-corrected chi connectivity index (χ1v) is 11.3. The molecule has 1 aliphatic carbocycles. The van der Waals surface area contributed by atoms with Gasteiger partial charge in [-0.15, -0.1) is 0 Å². The topological polar surface area (TPSA) is 77.6 Å². The van der Waals surface area contributed by atoms with Gasteiger partial charge in [-0.3, -0.25) is 9.59 Å². The number of aryl methyl sites for hydroxylation is 1. The molecule has 1 aromatic carbocycles. The van der Waals surface area contributed by atoms with Gasteiger partial charge < -0.3 is 14.6 Å². The van der Waals surface area contributed by atoms with Crippen LogP contribution in [0.3, 0.4) is 0 Å². The minimum Gasteiger partial charge on any atom is -0.494 e. The van der Waals surface area contributed by atoms with E-state index in [1.807, 2.05) is 31.2 Å². The van der Waals surface area contributed by atoms with Crippen LogP contribution in [-0.4, -0.2) is 32.7 Å². The molecule has 0 aliphatic heterocycles. The van der Waals surface area contributed by atoms with Gasteiger partial charge in [0.2, 0.25) is 5.91 Å². The zero-order chi connectivity index (χ0) is 21.6. The normalized spacial score (nSPS) is 15.0. The van der Waals surface area contributed by atoms with Gasteiger partial charge in [0.1, 0.15) is 11.3 Å². The van der Waals surface area contributed by atoms with Crippen molar-refractivity contribution in [3.63, 3.8) is 0 Å². The zero-order valence-corrected chi connectivity index (χ0v) is 18.0. The monoisotopic (exact) mass is 422 g/mol. The lowest BCUT2D eigenvalue weighted by molar-refractivity contribution is -0.122. The van der Waals surface area contributed by atoms with E-state index in [1.165, 1.54) is 25.7 Å². The molecule has 3 aromatic rings. The lowest BCUT2D eigenvalue weighted by Crippen LogP contribution is -2.35. The van der Waals surface area contributed by atoms with Gasteiger partial charge in [-0.2, -0.15) is 5.10 Å². The third kappa shape index (κ3) is 5.16. The average molecular weight is 423 g/mol. The average Bonchev–Trinajstić information content (AvgIpc) is 3.05. The van der Waals surface area contributed by atoms with Crippen LogP contribution in [0, 0.1) is 0 Å². The second-order valence-electron chi connectivity index (χ2n) is 8.12. The summed E-state index contributed by atoms with van der Waals surface area (Å²) in [4.78, 5) is 25.3. The highest BCUT2D eigenvalue weighted by Gasteiger charge is 2.15. The Morgan fingerprint density at radius 1 is 1.13 bits per heavy atom. The lowest BCUT2D eigenvalue weighted by atomic mass is 10.1. The van der Waals surface area contributed by atoms with Crippen LogP contribution >= 0.6 is 0 Å². The molecule has 0 atom stereocenters. The van der Waals surface area contributed by atoms with Crippen LogP contribution in [0.4, 0.5) is 0 Å². The summed E-state index contributed by atoms with van der Waals surface area (Å²) in [6, 6.07) is 9.73. The zero-order valence-electron chi connectivity index (χ0n) is 18.0. The maximum Gasteiger partial charge on any atom is 0.276 e. The molecular weight excluding hydrogens is 392 g/mol. The standard InChI is InChI=1S/C24H30N4O3/c1-2-31-20-11-9-18(10-12-20)21-17-22-24(30)27(15-16-28(22)26-21)14-13-23(29)25-19-7-5-3-4-6-8-19/h9-12,15-17,19H,2-8,13-14H2,1H3,(H,25,29). The highest BCUT2D eigenvalue weighted by molar-refractivity contribution is 5.76. The Bertz CT molecular complexity index is 1080. The van der Waals surface area contributed by atoms with Crippen molar-refractivity contribution in [2.24, 2.45) is 0 Å². The fourth-order valence-corrected chi connectivity index (χ4v) is 4.18. The van der Waals surface area contributed by atoms with Gasteiger partial charge in [-0.1, -0.05) is 25.7 Å². The smallest absolute Gasteiger partial charge is 0.276 e. The number of hydrogen-bond donors (Lipinski definition) is 1. The number of nitrogens with zero attached hydrogens (tertiary/aromatic N) is 3. The van der Waals surface area contributed by atoms with Gasteiger partial charge in [0.25, 0.3) is 5.56 Å². The van der Waals surface area contributed by atoms with Gasteiger partial charge in [-0.25, -0.2) is 4.52 Å². The van der Waals surface area contributed by atoms with Crippen LogP contribution < -0.4 is 15.6 Å². The molecule has 0 radical (unpaired) electrons. The molecule has 1 N–H and O–H groups in total. The minimum atomic E-state index is -0.144. The summed E-state index contributed by atoms with van der Waals surface area (Å²) in [6.45, 7) is 2.92. The summed E-state index contributed by atoms with van der Waals surface area (Å²) in [5, 5.41) is 7.67. The van der Waals surface area contributed by atoms with Crippen LogP contribution in [0.2, 0.25) is 0 Å². The van der Waals surface area contributed by atoms with E-state index in [0.29, 0.717) is 25.1 Å². The highest BCUT2D eigenvalue weighted by atomic mass is 16.5. The van der Waals surface area contributed by atoms with Crippen LogP contribution in [0.25, 0.3) is 16.8 Å². The van der Waals surface area contributed by atoms with Gasteiger partial charge in [0.15, 0.2) is 0 Å².